The molecule has 0 radical (unpaired) electrons. The van der Waals surface area contributed by atoms with Gasteiger partial charge < -0.3 is 24.0 Å². The number of esters is 1. The Balaban J connectivity index is 1.64. The van der Waals surface area contributed by atoms with Crippen molar-refractivity contribution in [3.63, 3.8) is 0 Å². The van der Waals surface area contributed by atoms with Gasteiger partial charge in [0.05, 0.1) is 32.4 Å². The maximum absolute atomic E-state index is 13.0. The third-order valence-electron chi connectivity index (χ3n) is 5.49. The molecular formula is C21H29N3O6. The monoisotopic (exact) mass is 419 g/mol. The third kappa shape index (κ3) is 4.60. The van der Waals surface area contributed by atoms with E-state index in [1.807, 2.05) is 0 Å². The number of rotatable bonds is 7. The maximum Gasteiger partial charge on any atom is 0.325 e. The molecule has 0 bridgehead atoms. The molecule has 2 aliphatic heterocycles. The molecule has 2 fully saturated rings. The molecule has 1 aromatic carbocycles. The molecule has 0 spiro atoms. The molecule has 1 unspecified atom stereocenters. The molecule has 0 aliphatic carbocycles. The van der Waals surface area contributed by atoms with Gasteiger partial charge in [-0.2, -0.15) is 0 Å². The summed E-state index contributed by atoms with van der Waals surface area (Å²) in [6, 6.07) is 5.00. The zero-order chi connectivity index (χ0) is 21.7. The molecule has 1 atom stereocenters. The van der Waals surface area contributed by atoms with E-state index in [0.29, 0.717) is 56.4 Å². The van der Waals surface area contributed by atoms with Crippen molar-refractivity contribution in [3.8, 4) is 11.5 Å². The molecule has 9 nitrogen and oxygen atoms in total. The average molecular weight is 419 g/mol. The van der Waals surface area contributed by atoms with Crippen molar-refractivity contribution < 1.29 is 28.6 Å². The lowest BCUT2D eigenvalue weighted by Crippen LogP contribution is -2.47. The lowest BCUT2D eigenvalue weighted by Gasteiger charge is -2.32. The van der Waals surface area contributed by atoms with Crippen LogP contribution in [0.3, 0.4) is 0 Å². The lowest BCUT2D eigenvalue weighted by atomic mass is 9.98. The Bertz CT molecular complexity index is 799. The minimum absolute atomic E-state index is 0.0167. The quantitative estimate of drug-likeness (QED) is 0.626. The summed E-state index contributed by atoms with van der Waals surface area (Å²) in [5.41, 5.74) is 0.608. The van der Waals surface area contributed by atoms with Gasteiger partial charge in [-0.15, -0.1) is 0 Å². The second kappa shape index (κ2) is 9.69. The third-order valence-corrected chi connectivity index (χ3v) is 5.49. The zero-order valence-corrected chi connectivity index (χ0v) is 17.8. The predicted octanol–water partition coefficient (Wildman–Crippen LogP) is 1.75. The molecule has 30 heavy (non-hydrogen) atoms. The molecule has 1 aromatic rings. The van der Waals surface area contributed by atoms with E-state index in [-0.39, 0.29) is 30.4 Å². The fourth-order valence-electron chi connectivity index (χ4n) is 3.88. The molecular weight excluding hydrogens is 390 g/mol. The van der Waals surface area contributed by atoms with Crippen LogP contribution >= 0.6 is 0 Å². The van der Waals surface area contributed by atoms with Crippen molar-refractivity contribution in [3.05, 3.63) is 18.2 Å². The Morgan fingerprint density at radius 1 is 1.13 bits per heavy atom. The molecule has 0 N–H and O–H groups in total. The summed E-state index contributed by atoms with van der Waals surface area (Å²) in [4.78, 5) is 42.6. The van der Waals surface area contributed by atoms with E-state index >= 15 is 0 Å². The molecule has 0 aromatic heterocycles. The van der Waals surface area contributed by atoms with E-state index in [2.05, 4.69) is 0 Å². The Hall–Kier alpha value is -2.97. The van der Waals surface area contributed by atoms with Crippen LogP contribution in [0.15, 0.2) is 18.2 Å². The lowest BCUT2D eigenvalue weighted by molar-refractivity contribution is -0.151. The van der Waals surface area contributed by atoms with Crippen LogP contribution in [-0.2, 0) is 14.3 Å². The fraction of sp³-hybridized carbons (Fsp3) is 0.571. The first-order valence-electron chi connectivity index (χ1n) is 10.2. The second-order valence-electron chi connectivity index (χ2n) is 7.32. The van der Waals surface area contributed by atoms with E-state index in [1.54, 1.807) is 49.1 Å². The maximum atomic E-state index is 13.0. The topological polar surface area (TPSA) is 88.6 Å². The van der Waals surface area contributed by atoms with Crippen molar-refractivity contribution >= 4 is 23.6 Å². The van der Waals surface area contributed by atoms with E-state index in [9.17, 15) is 14.4 Å². The Morgan fingerprint density at radius 2 is 1.93 bits per heavy atom. The predicted molar refractivity (Wildman–Crippen MR) is 110 cm³/mol. The van der Waals surface area contributed by atoms with Crippen molar-refractivity contribution in [1.29, 1.82) is 0 Å². The summed E-state index contributed by atoms with van der Waals surface area (Å²) in [7, 11) is 3.11. The van der Waals surface area contributed by atoms with Crippen molar-refractivity contribution in [2.45, 2.75) is 19.8 Å². The van der Waals surface area contributed by atoms with Gasteiger partial charge in [0.2, 0.25) is 5.91 Å². The number of hydrogen-bond donors (Lipinski definition) is 0. The van der Waals surface area contributed by atoms with Gasteiger partial charge in [-0.3, -0.25) is 14.5 Å². The molecule has 3 rings (SSSR count). The van der Waals surface area contributed by atoms with Crippen molar-refractivity contribution in [2.75, 3.05) is 58.5 Å². The largest absolute Gasteiger partial charge is 0.497 e. The highest BCUT2D eigenvalue weighted by Crippen LogP contribution is 2.34. The van der Waals surface area contributed by atoms with Crippen LogP contribution < -0.4 is 14.4 Å². The summed E-state index contributed by atoms with van der Waals surface area (Å²) in [6.45, 7) is 3.89. The smallest absolute Gasteiger partial charge is 0.325 e. The summed E-state index contributed by atoms with van der Waals surface area (Å²) in [6.07, 6.45) is 1.46. The first-order chi connectivity index (χ1) is 14.5. The molecule has 9 heteroatoms. The average Bonchev–Trinajstić information content (AvgIpc) is 3.13. The van der Waals surface area contributed by atoms with Gasteiger partial charge in [-0.05, 0) is 31.9 Å². The summed E-state index contributed by atoms with van der Waals surface area (Å²) in [5, 5.41) is 0. The number of carbonyl (C=O) groups excluding carboxylic acids is 3. The Morgan fingerprint density at radius 3 is 2.63 bits per heavy atom. The van der Waals surface area contributed by atoms with Crippen molar-refractivity contribution in [2.24, 2.45) is 5.92 Å². The number of piperidine rings is 1. The van der Waals surface area contributed by atoms with Crippen LogP contribution in [0, 0.1) is 5.92 Å². The van der Waals surface area contributed by atoms with Gasteiger partial charge in [0.25, 0.3) is 0 Å². The number of methoxy groups -OCH3 is 2. The Labute approximate surface area is 176 Å². The van der Waals surface area contributed by atoms with E-state index in [0.717, 1.165) is 6.42 Å². The molecule has 2 heterocycles. The van der Waals surface area contributed by atoms with Crippen LogP contribution in [-0.4, -0.2) is 81.3 Å². The molecule has 164 valence electrons. The van der Waals surface area contributed by atoms with E-state index in [4.69, 9.17) is 14.2 Å². The minimum atomic E-state index is -0.297. The first-order valence-corrected chi connectivity index (χ1v) is 10.2. The van der Waals surface area contributed by atoms with Crippen LogP contribution in [0.25, 0.3) is 0 Å². The number of urea groups is 1. The number of ether oxygens (including phenoxy) is 3. The van der Waals surface area contributed by atoms with Gasteiger partial charge in [-0.1, -0.05) is 0 Å². The molecule has 0 saturated carbocycles. The number of amides is 3. The second-order valence-corrected chi connectivity index (χ2v) is 7.32. The number of benzene rings is 1. The molecule has 3 amide bonds. The first kappa shape index (κ1) is 21.7. The summed E-state index contributed by atoms with van der Waals surface area (Å²) in [5.74, 6) is 0.465. The van der Waals surface area contributed by atoms with Gasteiger partial charge in [0.15, 0.2) is 0 Å². The van der Waals surface area contributed by atoms with Crippen molar-refractivity contribution in [1.82, 2.24) is 9.80 Å². The van der Waals surface area contributed by atoms with E-state index in [1.165, 1.54) is 4.90 Å². The van der Waals surface area contributed by atoms with E-state index < -0.39 is 0 Å². The zero-order valence-electron chi connectivity index (χ0n) is 17.8. The SMILES string of the molecule is CCOC(=O)C1CCCN(C(=O)CN2CCN(c3cc(OC)ccc3OC)C2=O)C1. The number of anilines is 1. The highest BCUT2D eigenvalue weighted by atomic mass is 16.5. The number of carbonyl (C=O) groups is 3. The van der Waals surface area contributed by atoms with Crippen LogP contribution in [0.4, 0.5) is 10.5 Å². The molecule has 2 aliphatic rings. The summed E-state index contributed by atoms with van der Waals surface area (Å²) >= 11 is 0. The molecule has 2 saturated heterocycles. The highest BCUT2D eigenvalue weighted by Gasteiger charge is 2.35. The van der Waals surface area contributed by atoms with Crippen LogP contribution in [0.1, 0.15) is 19.8 Å². The Kier molecular flexibility index (Phi) is 7.02. The number of nitrogens with zero attached hydrogens (tertiary/aromatic N) is 3. The van der Waals surface area contributed by atoms with Crippen LogP contribution in [0.2, 0.25) is 0 Å². The van der Waals surface area contributed by atoms with Crippen LogP contribution in [0.5, 0.6) is 11.5 Å². The van der Waals surface area contributed by atoms with Gasteiger partial charge in [0, 0.05) is 32.2 Å². The van der Waals surface area contributed by atoms with Gasteiger partial charge in [0.1, 0.15) is 18.0 Å². The fourth-order valence-corrected chi connectivity index (χ4v) is 3.88. The number of likely N-dealkylation sites (tertiary alicyclic amines) is 1. The minimum Gasteiger partial charge on any atom is -0.497 e. The standard InChI is InChI=1S/C21H29N3O6/c1-4-30-20(26)15-6-5-9-22(13-15)19(25)14-23-10-11-24(21(23)27)17-12-16(28-2)7-8-18(17)29-3/h7-8,12,15H,4-6,9-11,13-14H2,1-3H3. The normalized spacial score (nSPS) is 19.1. The van der Waals surface area contributed by atoms with Gasteiger partial charge in [-0.25, -0.2) is 4.79 Å². The number of hydrogen-bond acceptors (Lipinski definition) is 6. The van der Waals surface area contributed by atoms with Gasteiger partial charge >= 0.3 is 12.0 Å². The highest BCUT2D eigenvalue weighted by molar-refractivity contribution is 5.98. The summed E-state index contributed by atoms with van der Waals surface area (Å²) < 4.78 is 15.7.